The second-order valence-electron chi connectivity index (χ2n) is 2.95. The highest BCUT2D eigenvalue weighted by Gasteiger charge is 2.09. The number of rotatable bonds is 6. The lowest BCUT2D eigenvalue weighted by Gasteiger charge is -2.16. The lowest BCUT2D eigenvalue weighted by Crippen LogP contribution is -2.24. The highest BCUT2D eigenvalue weighted by Crippen LogP contribution is 2.01. The van der Waals surface area contributed by atoms with Crippen LogP contribution >= 0.6 is 0 Å². The van der Waals surface area contributed by atoms with Crippen LogP contribution in [0.25, 0.3) is 0 Å². The summed E-state index contributed by atoms with van der Waals surface area (Å²) in [7, 11) is 0. The number of allylic oxidation sites excluding steroid dienone is 1. The molecule has 0 unspecified atom stereocenters. The largest absolute Gasteiger partial charge is 0.386 e. The number of unbranched alkanes of at least 4 members (excludes halogenated alkanes) is 1. The van der Waals surface area contributed by atoms with Crippen molar-refractivity contribution in [1.29, 1.82) is 0 Å². The topological polar surface area (TPSA) is 29.5 Å². The van der Waals surface area contributed by atoms with E-state index in [1.54, 1.807) is 6.08 Å². The van der Waals surface area contributed by atoms with Gasteiger partial charge >= 0.3 is 0 Å². The van der Waals surface area contributed by atoms with Crippen molar-refractivity contribution in [2.45, 2.75) is 45.8 Å². The predicted octanol–water partition coefficient (Wildman–Crippen LogP) is 2.13. The van der Waals surface area contributed by atoms with Crippen LogP contribution < -0.4 is 0 Å². The molecule has 0 fully saturated rings. The molecular formula is C10H20O2. The van der Waals surface area contributed by atoms with Gasteiger partial charge in [-0.3, -0.25) is 0 Å². The van der Waals surface area contributed by atoms with Crippen LogP contribution in [0.3, 0.4) is 0 Å². The first kappa shape index (κ1) is 11.7. The first-order valence-electron chi connectivity index (χ1n) is 4.64. The van der Waals surface area contributed by atoms with Crippen LogP contribution in [-0.4, -0.2) is 23.9 Å². The maximum absolute atomic E-state index is 9.41. The van der Waals surface area contributed by atoms with Crippen molar-refractivity contribution in [2.75, 3.05) is 6.61 Å². The molecule has 0 aromatic heterocycles. The molecule has 2 nitrogen and oxygen atoms in total. The van der Waals surface area contributed by atoms with Gasteiger partial charge < -0.3 is 9.84 Å². The molecule has 0 aliphatic heterocycles. The molecule has 0 radical (unpaired) electrons. The van der Waals surface area contributed by atoms with Crippen molar-refractivity contribution in [2.24, 2.45) is 0 Å². The Kier molecular flexibility index (Phi) is 7.11. The molecular weight excluding hydrogens is 152 g/mol. The minimum Gasteiger partial charge on any atom is -0.386 e. The van der Waals surface area contributed by atoms with Gasteiger partial charge in [-0.15, -0.1) is 0 Å². The average Bonchev–Trinajstić information content (AvgIpc) is 2.05. The zero-order valence-electron chi connectivity index (χ0n) is 8.29. The fourth-order valence-corrected chi connectivity index (χ4v) is 0.866. The second kappa shape index (κ2) is 7.32. The van der Waals surface area contributed by atoms with Crippen LogP contribution in [0.15, 0.2) is 12.2 Å². The monoisotopic (exact) mass is 172 g/mol. The molecule has 0 spiro atoms. The van der Waals surface area contributed by atoms with Crippen molar-refractivity contribution >= 4 is 0 Å². The molecule has 0 aromatic carbocycles. The normalized spacial score (nSPS) is 16.7. The molecule has 1 N–H and O–H groups in total. The predicted molar refractivity (Wildman–Crippen MR) is 51.1 cm³/mol. The Morgan fingerprint density at radius 3 is 2.67 bits per heavy atom. The van der Waals surface area contributed by atoms with E-state index in [0.29, 0.717) is 0 Å². The van der Waals surface area contributed by atoms with E-state index in [9.17, 15) is 5.11 Å². The highest BCUT2D eigenvalue weighted by atomic mass is 16.5. The fraction of sp³-hybridized carbons (Fsp3) is 0.800. The van der Waals surface area contributed by atoms with E-state index in [-0.39, 0.29) is 6.10 Å². The number of aliphatic hydroxyl groups is 1. The van der Waals surface area contributed by atoms with Gasteiger partial charge in [-0.05, 0) is 20.3 Å². The van der Waals surface area contributed by atoms with E-state index >= 15 is 0 Å². The zero-order valence-corrected chi connectivity index (χ0v) is 8.29. The van der Waals surface area contributed by atoms with Gasteiger partial charge in [-0.2, -0.15) is 0 Å². The van der Waals surface area contributed by atoms with E-state index in [1.807, 2.05) is 19.9 Å². The van der Waals surface area contributed by atoms with E-state index in [2.05, 4.69) is 6.92 Å². The Morgan fingerprint density at radius 1 is 1.50 bits per heavy atom. The first-order valence-corrected chi connectivity index (χ1v) is 4.64. The number of hydrogen-bond donors (Lipinski definition) is 1. The Labute approximate surface area is 75.2 Å². The van der Waals surface area contributed by atoms with Crippen molar-refractivity contribution in [3.8, 4) is 0 Å². The molecule has 72 valence electrons. The summed E-state index contributed by atoms with van der Waals surface area (Å²) in [5, 5.41) is 9.41. The Balaban J connectivity index is 3.49. The van der Waals surface area contributed by atoms with Gasteiger partial charge in [-0.1, -0.05) is 25.5 Å². The lowest BCUT2D eigenvalue weighted by atomic mass is 10.2. The fourth-order valence-electron chi connectivity index (χ4n) is 0.866. The number of aliphatic hydroxyl groups excluding tert-OH is 1. The summed E-state index contributed by atoms with van der Waals surface area (Å²) in [4.78, 5) is 0. The van der Waals surface area contributed by atoms with Gasteiger partial charge in [0.25, 0.3) is 0 Å². The maximum Gasteiger partial charge on any atom is 0.0979 e. The third kappa shape index (κ3) is 5.33. The maximum atomic E-state index is 9.41. The van der Waals surface area contributed by atoms with E-state index in [4.69, 9.17) is 4.74 Å². The average molecular weight is 172 g/mol. The summed E-state index contributed by atoms with van der Waals surface area (Å²) in [6.07, 6.45) is 5.22. The molecule has 12 heavy (non-hydrogen) atoms. The lowest BCUT2D eigenvalue weighted by molar-refractivity contribution is -0.00702. The quantitative estimate of drug-likeness (QED) is 0.491. The zero-order chi connectivity index (χ0) is 9.40. The Morgan fingerprint density at radius 2 is 2.17 bits per heavy atom. The SMILES string of the molecule is C/C=C/[C@@H](O)[C@H](C)OCCCC. The van der Waals surface area contributed by atoms with Crippen LogP contribution in [0.2, 0.25) is 0 Å². The summed E-state index contributed by atoms with van der Waals surface area (Å²) in [6.45, 7) is 6.64. The van der Waals surface area contributed by atoms with E-state index < -0.39 is 6.10 Å². The molecule has 0 bridgehead atoms. The standard InChI is InChI=1S/C10H20O2/c1-4-6-8-12-9(3)10(11)7-5-2/h5,7,9-11H,4,6,8H2,1-3H3/b7-5+/t9-,10+/m0/s1. The molecule has 0 aromatic rings. The van der Waals surface area contributed by atoms with Gasteiger partial charge in [0.15, 0.2) is 0 Å². The summed E-state index contributed by atoms with van der Waals surface area (Å²) >= 11 is 0. The molecule has 0 aliphatic carbocycles. The van der Waals surface area contributed by atoms with Gasteiger partial charge in [0.1, 0.15) is 0 Å². The summed E-state index contributed by atoms with van der Waals surface area (Å²) in [5.74, 6) is 0. The van der Waals surface area contributed by atoms with Crippen LogP contribution in [0, 0.1) is 0 Å². The third-order valence-electron chi connectivity index (χ3n) is 1.75. The van der Waals surface area contributed by atoms with Crippen molar-refractivity contribution in [3.63, 3.8) is 0 Å². The van der Waals surface area contributed by atoms with Gasteiger partial charge in [-0.25, -0.2) is 0 Å². The molecule has 0 amide bonds. The molecule has 0 heterocycles. The molecule has 0 rings (SSSR count). The van der Waals surface area contributed by atoms with E-state index in [1.165, 1.54) is 0 Å². The van der Waals surface area contributed by atoms with Crippen molar-refractivity contribution < 1.29 is 9.84 Å². The smallest absolute Gasteiger partial charge is 0.0979 e. The van der Waals surface area contributed by atoms with Crippen molar-refractivity contribution in [3.05, 3.63) is 12.2 Å². The number of ether oxygens (including phenoxy) is 1. The van der Waals surface area contributed by atoms with Gasteiger partial charge in [0.05, 0.1) is 12.2 Å². The van der Waals surface area contributed by atoms with Gasteiger partial charge in [0, 0.05) is 6.61 Å². The van der Waals surface area contributed by atoms with Crippen LogP contribution in [0.4, 0.5) is 0 Å². The van der Waals surface area contributed by atoms with Crippen LogP contribution in [-0.2, 0) is 4.74 Å². The molecule has 2 heteroatoms. The summed E-state index contributed by atoms with van der Waals surface area (Å²) in [5.41, 5.74) is 0. The minimum atomic E-state index is -0.466. The van der Waals surface area contributed by atoms with Gasteiger partial charge in [0.2, 0.25) is 0 Å². The Bertz CT molecular complexity index is 121. The van der Waals surface area contributed by atoms with E-state index in [0.717, 1.165) is 19.4 Å². The highest BCUT2D eigenvalue weighted by molar-refractivity contribution is 4.88. The first-order chi connectivity index (χ1) is 5.72. The van der Waals surface area contributed by atoms with Crippen LogP contribution in [0.1, 0.15) is 33.6 Å². The van der Waals surface area contributed by atoms with Crippen LogP contribution in [0.5, 0.6) is 0 Å². The Hall–Kier alpha value is -0.340. The van der Waals surface area contributed by atoms with Crippen molar-refractivity contribution in [1.82, 2.24) is 0 Å². The molecule has 0 saturated heterocycles. The summed E-state index contributed by atoms with van der Waals surface area (Å²) < 4.78 is 5.40. The summed E-state index contributed by atoms with van der Waals surface area (Å²) in [6, 6.07) is 0. The molecule has 2 atom stereocenters. The minimum absolute atomic E-state index is 0.0900. The second-order valence-corrected chi connectivity index (χ2v) is 2.95. The molecule has 0 saturated carbocycles. The third-order valence-corrected chi connectivity index (χ3v) is 1.75. The number of hydrogen-bond acceptors (Lipinski definition) is 2. The molecule has 0 aliphatic rings.